The Bertz CT molecular complexity index is 542. The molecule has 0 saturated carbocycles. The number of piperazine rings is 1. The van der Waals surface area contributed by atoms with Crippen LogP contribution in [0.15, 0.2) is 24.5 Å². The van der Waals surface area contributed by atoms with Gasteiger partial charge in [0.15, 0.2) is 0 Å². The molecule has 0 radical (unpaired) electrons. The van der Waals surface area contributed by atoms with Gasteiger partial charge in [-0.25, -0.2) is 4.98 Å². The van der Waals surface area contributed by atoms with E-state index in [4.69, 9.17) is 0 Å². The van der Waals surface area contributed by atoms with Gasteiger partial charge in [-0.15, -0.1) is 0 Å². The second-order valence-corrected chi connectivity index (χ2v) is 4.18. The summed E-state index contributed by atoms with van der Waals surface area (Å²) in [5.41, 5.74) is 2.51. The number of imidazole rings is 1. The SMILES string of the molecule is O=C(c1ccc2[nH]cnc2c1)N1CCNCC1. The smallest absolute Gasteiger partial charge is 0.254 e. The third-order valence-corrected chi connectivity index (χ3v) is 3.07. The summed E-state index contributed by atoms with van der Waals surface area (Å²) >= 11 is 0. The minimum absolute atomic E-state index is 0.0939. The first-order valence-electron chi connectivity index (χ1n) is 5.78. The number of hydrogen-bond donors (Lipinski definition) is 2. The van der Waals surface area contributed by atoms with E-state index in [2.05, 4.69) is 15.3 Å². The van der Waals surface area contributed by atoms with Crippen molar-refractivity contribution in [3.05, 3.63) is 30.1 Å². The van der Waals surface area contributed by atoms with E-state index in [0.717, 1.165) is 37.2 Å². The number of carbonyl (C=O) groups excluding carboxylic acids is 1. The molecular formula is C12H14N4O. The minimum Gasteiger partial charge on any atom is -0.345 e. The lowest BCUT2D eigenvalue weighted by Crippen LogP contribution is -2.46. The van der Waals surface area contributed by atoms with Crippen molar-refractivity contribution < 1.29 is 4.79 Å². The fourth-order valence-corrected chi connectivity index (χ4v) is 2.12. The first-order valence-corrected chi connectivity index (χ1v) is 5.78. The van der Waals surface area contributed by atoms with Crippen molar-refractivity contribution in [2.24, 2.45) is 0 Å². The van der Waals surface area contributed by atoms with Crippen molar-refractivity contribution in [1.82, 2.24) is 20.2 Å². The first-order chi connectivity index (χ1) is 8.34. The molecule has 1 aromatic carbocycles. The number of hydrogen-bond acceptors (Lipinski definition) is 3. The quantitative estimate of drug-likeness (QED) is 0.754. The molecule has 0 unspecified atom stereocenters. The molecule has 3 rings (SSSR count). The zero-order chi connectivity index (χ0) is 11.7. The second-order valence-electron chi connectivity index (χ2n) is 4.18. The van der Waals surface area contributed by atoms with Crippen LogP contribution in [0.3, 0.4) is 0 Å². The summed E-state index contributed by atoms with van der Waals surface area (Å²) in [6.45, 7) is 3.29. The summed E-state index contributed by atoms with van der Waals surface area (Å²) in [6, 6.07) is 5.60. The van der Waals surface area contributed by atoms with Gasteiger partial charge in [0.25, 0.3) is 5.91 Å². The molecule has 17 heavy (non-hydrogen) atoms. The Morgan fingerprint density at radius 1 is 1.29 bits per heavy atom. The summed E-state index contributed by atoms with van der Waals surface area (Å²) in [6.07, 6.45) is 1.64. The van der Waals surface area contributed by atoms with Gasteiger partial charge in [0.2, 0.25) is 0 Å². The van der Waals surface area contributed by atoms with Crippen LogP contribution in [0.1, 0.15) is 10.4 Å². The van der Waals surface area contributed by atoms with E-state index < -0.39 is 0 Å². The van der Waals surface area contributed by atoms with E-state index in [1.54, 1.807) is 6.33 Å². The summed E-state index contributed by atoms with van der Waals surface area (Å²) in [5.74, 6) is 0.0939. The number of nitrogens with zero attached hydrogens (tertiary/aromatic N) is 2. The zero-order valence-corrected chi connectivity index (χ0v) is 9.44. The Balaban J connectivity index is 1.88. The predicted molar refractivity (Wildman–Crippen MR) is 64.9 cm³/mol. The molecule has 2 aromatic rings. The molecule has 1 aliphatic heterocycles. The number of rotatable bonds is 1. The van der Waals surface area contributed by atoms with Gasteiger partial charge in [-0.3, -0.25) is 4.79 Å². The van der Waals surface area contributed by atoms with Crippen LogP contribution < -0.4 is 5.32 Å². The van der Waals surface area contributed by atoms with E-state index in [1.165, 1.54) is 0 Å². The molecule has 1 fully saturated rings. The van der Waals surface area contributed by atoms with E-state index in [9.17, 15) is 4.79 Å². The maximum Gasteiger partial charge on any atom is 0.254 e. The van der Waals surface area contributed by atoms with Crippen LogP contribution in [0, 0.1) is 0 Å². The van der Waals surface area contributed by atoms with Crippen molar-refractivity contribution in [1.29, 1.82) is 0 Å². The Hall–Kier alpha value is -1.88. The molecule has 5 heteroatoms. The molecular weight excluding hydrogens is 216 g/mol. The molecule has 2 N–H and O–H groups in total. The molecule has 88 valence electrons. The fraction of sp³-hybridized carbons (Fsp3) is 0.333. The first kappa shape index (κ1) is 10.3. The number of aromatic amines is 1. The largest absolute Gasteiger partial charge is 0.345 e. The third kappa shape index (κ3) is 1.89. The molecule has 0 atom stereocenters. The van der Waals surface area contributed by atoms with Gasteiger partial charge in [-0.05, 0) is 18.2 Å². The van der Waals surface area contributed by atoms with Gasteiger partial charge < -0.3 is 15.2 Å². The molecule has 0 bridgehead atoms. The van der Waals surface area contributed by atoms with Crippen LogP contribution in [0.4, 0.5) is 0 Å². The maximum atomic E-state index is 12.2. The lowest BCUT2D eigenvalue weighted by atomic mass is 10.1. The molecule has 1 aliphatic rings. The highest BCUT2D eigenvalue weighted by atomic mass is 16.2. The Morgan fingerprint density at radius 3 is 2.94 bits per heavy atom. The van der Waals surface area contributed by atoms with Crippen LogP contribution in [0.25, 0.3) is 11.0 Å². The lowest BCUT2D eigenvalue weighted by molar-refractivity contribution is 0.0736. The van der Waals surface area contributed by atoms with Crippen molar-refractivity contribution in [2.75, 3.05) is 26.2 Å². The van der Waals surface area contributed by atoms with Crippen molar-refractivity contribution in [2.45, 2.75) is 0 Å². The second kappa shape index (κ2) is 4.18. The fourth-order valence-electron chi connectivity index (χ4n) is 2.12. The van der Waals surface area contributed by atoms with Crippen molar-refractivity contribution in [3.63, 3.8) is 0 Å². The molecule has 1 amide bonds. The molecule has 1 saturated heterocycles. The normalized spacial score (nSPS) is 16.4. The van der Waals surface area contributed by atoms with Crippen LogP contribution >= 0.6 is 0 Å². The van der Waals surface area contributed by atoms with E-state index >= 15 is 0 Å². The van der Waals surface area contributed by atoms with Crippen LogP contribution in [0.2, 0.25) is 0 Å². The van der Waals surface area contributed by atoms with Gasteiger partial charge >= 0.3 is 0 Å². The number of H-pyrrole nitrogens is 1. The Kier molecular flexibility index (Phi) is 2.53. The Morgan fingerprint density at radius 2 is 2.12 bits per heavy atom. The van der Waals surface area contributed by atoms with E-state index in [1.807, 2.05) is 23.1 Å². The predicted octanol–water partition coefficient (Wildman–Crippen LogP) is 0.608. The lowest BCUT2D eigenvalue weighted by Gasteiger charge is -2.27. The average molecular weight is 230 g/mol. The van der Waals surface area contributed by atoms with Gasteiger partial charge in [-0.1, -0.05) is 0 Å². The maximum absolute atomic E-state index is 12.2. The topological polar surface area (TPSA) is 61.0 Å². The number of fused-ring (bicyclic) bond motifs is 1. The summed E-state index contributed by atoms with van der Waals surface area (Å²) in [5, 5.41) is 3.24. The summed E-state index contributed by atoms with van der Waals surface area (Å²) < 4.78 is 0. The average Bonchev–Trinajstić information content (AvgIpc) is 2.86. The molecule has 5 nitrogen and oxygen atoms in total. The number of amides is 1. The van der Waals surface area contributed by atoms with Crippen molar-refractivity contribution >= 4 is 16.9 Å². The van der Waals surface area contributed by atoms with E-state index in [0.29, 0.717) is 5.56 Å². The van der Waals surface area contributed by atoms with Crippen LogP contribution in [0.5, 0.6) is 0 Å². The van der Waals surface area contributed by atoms with Crippen LogP contribution in [-0.2, 0) is 0 Å². The number of carbonyl (C=O) groups is 1. The van der Waals surface area contributed by atoms with Crippen LogP contribution in [-0.4, -0.2) is 47.0 Å². The third-order valence-electron chi connectivity index (χ3n) is 3.07. The van der Waals surface area contributed by atoms with Gasteiger partial charge in [0.05, 0.1) is 17.4 Å². The number of benzene rings is 1. The van der Waals surface area contributed by atoms with Gasteiger partial charge in [-0.2, -0.15) is 0 Å². The minimum atomic E-state index is 0.0939. The van der Waals surface area contributed by atoms with Gasteiger partial charge in [0.1, 0.15) is 0 Å². The molecule has 0 aliphatic carbocycles. The van der Waals surface area contributed by atoms with E-state index in [-0.39, 0.29) is 5.91 Å². The molecule has 2 heterocycles. The van der Waals surface area contributed by atoms with Gasteiger partial charge in [0, 0.05) is 31.7 Å². The summed E-state index contributed by atoms with van der Waals surface area (Å²) in [7, 11) is 0. The monoisotopic (exact) mass is 230 g/mol. The number of nitrogens with one attached hydrogen (secondary N) is 2. The zero-order valence-electron chi connectivity index (χ0n) is 9.44. The molecule has 1 aromatic heterocycles. The molecule has 0 spiro atoms. The van der Waals surface area contributed by atoms with Crippen molar-refractivity contribution in [3.8, 4) is 0 Å². The highest BCUT2D eigenvalue weighted by Crippen LogP contribution is 2.13. The Labute approximate surface area is 98.8 Å². The standard InChI is InChI=1S/C12H14N4O/c17-12(16-5-3-13-4-6-16)9-1-2-10-11(7-9)15-8-14-10/h1-2,7-8,13H,3-6H2,(H,14,15). The highest BCUT2D eigenvalue weighted by molar-refractivity contribution is 5.97. The summed E-state index contributed by atoms with van der Waals surface area (Å²) in [4.78, 5) is 21.3. The number of aromatic nitrogens is 2. The highest BCUT2D eigenvalue weighted by Gasteiger charge is 2.18.